The van der Waals surface area contributed by atoms with Gasteiger partial charge < -0.3 is 5.32 Å². The van der Waals surface area contributed by atoms with Crippen molar-refractivity contribution in [2.75, 3.05) is 5.32 Å². The van der Waals surface area contributed by atoms with E-state index in [9.17, 15) is 4.79 Å². The van der Waals surface area contributed by atoms with Gasteiger partial charge in [-0.2, -0.15) is 0 Å². The normalized spacial score (nSPS) is 12.0. The third kappa shape index (κ3) is 4.68. The number of aryl methyl sites for hydroxylation is 2. The van der Waals surface area contributed by atoms with E-state index < -0.39 is 0 Å². The maximum Gasteiger partial charge on any atom is 0.239 e. The van der Waals surface area contributed by atoms with E-state index in [1.54, 1.807) is 0 Å². The van der Waals surface area contributed by atoms with Gasteiger partial charge in [0, 0.05) is 22.3 Å². The highest BCUT2D eigenvalue weighted by molar-refractivity contribution is 8.00. The molecule has 1 N–H and O–H groups in total. The molecule has 0 aliphatic heterocycles. The summed E-state index contributed by atoms with van der Waals surface area (Å²) in [6.07, 6.45) is 0.684. The summed E-state index contributed by atoms with van der Waals surface area (Å²) in [7, 11) is 0. The van der Waals surface area contributed by atoms with Crippen LogP contribution in [0.5, 0.6) is 0 Å². The summed E-state index contributed by atoms with van der Waals surface area (Å²) < 4.78 is 0. The van der Waals surface area contributed by atoms with Gasteiger partial charge in [-0.05, 0) is 26.3 Å². The van der Waals surface area contributed by atoms with E-state index in [4.69, 9.17) is 0 Å². The largest absolute Gasteiger partial charge is 0.301 e. The van der Waals surface area contributed by atoms with Gasteiger partial charge in [0.25, 0.3) is 0 Å². The Bertz CT molecular complexity index is 875. The zero-order valence-corrected chi connectivity index (χ0v) is 16.5. The number of carbonyl (C=O) groups is 1. The molecule has 134 valence electrons. The molecule has 0 fully saturated rings. The summed E-state index contributed by atoms with van der Waals surface area (Å²) in [6.45, 7) is 5.85. The fourth-order valence-corrected chi connectivity index (χ4v) is 4.16. The molecule has 0 radical (unpaired) electrons. The molecule has 3 aromatic rings. The minimum absolute atomic E-state index is 0.0748. The Morgan fingerprint density at radius 1 is 1.15 bits per heavy atom. The standard InChI is InChI=1S/C19H20N4OS2/c1-4-16(26-19-20-12(2)10-13(3)21-19)17(24)23-18-22-15(11-25-18)14-8-6-5-7-9-14/h5-11,16H,4H2,1-3H3,(H,22,23,24). The highest BCUT2D eigenvalue weighted by atomic mass is 32.2. The summed E-state index contributed by atoms with van der Waals surface area (Å²) in [4.78, 5) is 26.0. The quantitative estimate of drug-likeness (QED) is 0.492. The van der Waals surface area contributed by atoms with Crippen LogP contribution in [0.25, 0.3) is 11.3 Å². The third-order valence-electron chi connectivity index (χ3n) is 3.68. The number of aromatic nitrogens is 3. The van der Waals surface area contributed by atoms with Crippen LogP contribution in [0.1, 0.15) is 24.7 Å². The van der Waals surface area contributed by atoms with Crippen molar-refractivity contribution in [3.8, 4) is 11.3 Å². The van der Waals surface area contributed by atoms with Gasteiger partial charge in [0.1, 0.15) is 0 Å². The zero-order chi connectivity index (χ0) is 18.5. The topological polar surface area (TPSA) is 67.8 Å². The Morgan fingerprint density at radius 2 is 1.85 bits per heavy atom. The summed E-state index contributed by atoms with van der Waals surface area (Å²) in [6, 6.07) is 11.8. The first-order valence-corrected chi connectivity index (χ1v) is 10.1. The van der Waals surface area contributed by atoms with E-state index in [1.165, 1.54) is 23.1 Å². The molecule has 1 aromatic carbocycles. The SMILES string of the molecule is CCC(Sc1nc(C)cc(C)n1)C(=O)Nc1nc(-c2ccccc2)cs1. The monoisotopic (exact) mass is 384 g/mol. The number of thioether (sulfide) groups is 1. The van der Waals surface area contributed by atoms with Gasteiger partial charge in [0.15, 0.2) is 10.3 Å². The number of hydrogen-bond donors (Lipinski definition) is 1. The molecule has 0 saturated heterocycles. The molecule has 1 unspecified atom stereocenters. The Kier molecular flexibility index (Phi) is 6.00. The van der Waals surface area contributed by atoms with E-state index in [1.807, 2.05) is 62.5 Å². The lowest BCUT2D eigenvalue weighted by Crippen LogP contribution is -2.24. The lowest BCUT2D eigenvalue weighted by Gasteiger charge is -2.13. The summed E-state index contributed by atoms with van der Waals surface area (Å²) >= 11 is 2.82. The van der Waals surface area contributed by atoms with Crippen LogP contribution in [0, 0.1) is 13.8 Å². The van der Waals surface area contributed by atoms with Gasteiger partial charge in [0.05, 0.1) is 10.9 Å². The van der Waals surface area contributed by atoms with Crippen LogP contribution in [-0.4, -0.2) is 26.1 Å². The summed E-state index contributed by atoms with van der Waals surface area (Å²) in [5, 5.41) is 5.85. The molecule has 7 heteroatoms. The van der Waals surface area contributed by atoms with E-state index >= 15 is 0 Å². The van der Waals surface area contributed by atoms with Crippen LogP contribution in [-0.2, 0) is 4.79 Å². The van der Waals surface area contributed by atoms with Crippen LogP contribution in [0.15, 0.2) is 46.9 Å². The first kappa shape index (κ1) is 18.5. The number of nitrogens with zero attached hydrogens (tertiary/aromatic N) is 3. The van der Waals surface area contributed by atoms with Crippen LogP contribution >= 0.6 is 23.1 Å². The van der Waals surface area contributed by atoms with Gasteiger partial charge in [-0.3, -0.25) is 4.79 Å². The third-order valence-corrected chi connectivity index (χ3v) is 5.66. The molecule has 0 aliphatic rings. The Labute approximate surface area is 161 Å². The van der Waals surface area contributed by atoms with Gasteiger partial charge in [-0.1, -0.05) is 49.0 Å². The molecular weight excluding hydrogens is 364 g/mol. The van der Waals surface area contributed by atoms with Gasteiger partial charge in [0.2, 0.25) is 5.91 Å². The molecule has 0 saturated carbocycles. The summed E-state index contributed by atoms with van der Waals surface area (Å²) in [5.74, 6) is -0.0748. The number of benzene rings is 1. The molecule has 3 rings (SSSR count). The van der Waals surface area contributed by atoms with E-state index in [0.29, 0.717) is 16.7 Å². The van der Waals surface area contributed by atoms with Crippen LogP contribution in [0.2, 0.25) is 0 Å². The average molecular weight is 385 g/mol. The van der Waals surface area contributed by atoms with Crippen molar-refractivity contribution >= 4 is 34.1 Å². The van der Waals surface area contributed by atoms with Crippen molar-refractivity contribution in [2.24, 2.45) is 0 Å². The zero-order valence-electron chi connectivity index (χ0n) is 14.9. The fourth-order valence-electron chi connectivity index (χ4n) is 2.45. The van der Waals surface area contributed by atoms with Crippen molar-refractivity contribution in [2.45, 2.75) is 37.6 Å². The van der Waals surface area contributed by atoms with Crippen molar-refractivity contribution < 1.29 is 4.79 Å². The lowest BCUT2D eigenvalue weighted by molar-refractivity contribution is -0.115. The van der Waals surface area contributed by atoms with Crippen LogP contribution < -0.4 is 5.32 Å². The summed E-state index contributed by atoms with van der Waals surface area (Å²) in [5.41, 5.74) is 3.71. The number of rotatable bonds is 6. The lowest BCUT2D eigenvalue weighted by atomic mass is 10.2. The first-order valence-electron chi connectivity index (χ1n) is 8.36. The second-order valence-electron chi connectivity index (χ2n) is 5.84. The van der Waals surface area contributed by atoms with Crippen molar-refractivity contribution in [1.29, 1.82) is 0 Å². The van der Waals surface area contributed by atoms with Crippen LogP contribution in [0.3, 0.4) is 0 Å². The van der Waals surface area contributed by atoms with Crippen molar-refractivity contribution in [1.82, 2.24) is 15.0 Å². The molecule has 1 amide bonds. The number of amides is 1. The number of nitrogens with one attached hydrogen (secondary N) is 1. The molecule has 0 bridgehead atoms. The molecule has 0 aliphatic carbocycles. The van der Waals surface area contributed by atoms with E-state index in [-0.39, 0.29) is 11.2 Å². The molecule has 2 heterocycles. The predicted molar refractivity (Wildman–Crippen MR) is 108 cm³/mol. The second kappa shape index (κ2) is 8.42. The van der Waals surface area contributed by atoms with Gasteiger partial charge in [-0.15, -0.1) is 11.3 Å². The van der Waals surface area contributed by atoms with Gasteiger partial charge in [-0.25, -0.2) is 15.0 Å². The number of thiazole rings is 1. The minimum atomic E-state index is -0.264. The number of anilines is 1. The molecular formula is C19H20N4OS2. The highest BCUT2D eigenvalue weighted by Gasteiger charge is 2.21. The first-order chi connectivity index (χ1) is 12.5. The molecule has 2 aromatic heterocycles. The number of carbonyl (C=O) groups excluding carboxylic acids is 1. The Morgan fingerprint density at radius 3 is 2.50 bits per heavy atom. The fraction of sp³-hybridized carbons (Fsp3) is 0.263. The predicted octanol–water partition coefficient (Wildman–Crippen LogP) is 4.73. The van der Waals surface area contributed by atoms with Crippen LogP contribution in [0.4, 0.5) is 5.13 Å². The molecule has 1 atom stereocenters. The maximum absolute atomic E-state index is 12.6. The second-order valence-corrected chi connectivity index (χ2v) is 7.87. The molecule has 26 heavy (non-hydrogen) atoms. The Hall–Kier alpha value is -2.25. The van der Waals surface area contributed by atoms with Crippen molar-refractivity contribution in [3.63, 3.8) is 0 Å². The molecule has 0 spiro atoms. The van der Waals surface area contributed by atoms with E-state index in [0.717, 1.165) is 22.6 Å². The smallest absolute Gasteiger partial charge is 0.239 e. The maximum atomic E-state index is 12.6. The highest BCUT2D eigenvalue weighted by Crippen LogP contribution is 2.27. The average Bonchev–Trinajstić information content (AvgIpc) is 3.08. The van der Waals surface area contributed by atoms with E-state index in [2.05, 4.69) is 20.3 Å². The van der Waals surface area contributed by atoms with Crippen molar-refractivity contribution in [3.05, 3.63) is 53.2 Å². The van der Waals surface area contributed by atoms with Gasteiger partial charge >= 0.3 is 0 Å². The minimum Gasteiger partial charge on any atom is -0.301 e. The molecule has 5 nitrogen and oxygen atoms in total. The number of hydrogen-bond acceptors (Lipinski definition) is 6. The Balaban J connectivity index is 1.69.